The van der Waals surface area contributed by atoms with Gasteiger partial charge in [0.15, 0.2) is 5.60 Å². The third kappa shape index (κ3) is 2.72. The number of carbonyl (C=O) groups is 1. The molecule has 0 radical (unpaired) electrons. The largest absolute Gasteiger partial charge is 0.467 e. The van der Waals surface area contributed by atoms with Crippen molar-refractivity contribution in [3.8, 4) is 12.0 Å². The van der Waals surface area contributed by atoms with Crippen LogP contribution >= 0.6 is 0 Å². The third-order valence-corrected chi connectivity index (χ3v) is 3.03. The second kappa shape index (κ2) is 5.45. The Morgan fingerprint density at radius 3 is 2.40 bits per heavy atom. The molecule has 1 aromatic heterocycles. The molecule has 0 bridgehead atoms. The minimum atomic E-state index is -1.08. The van der Waals surface area contributed by atoms with E-state index >= 15 is 0 Å². The molecule has 0 saturated carbocycles. The number of morpholine rings is 1. The smallest absolute Gasteiger partial charge is 0.324 e. The molecule has 1 aliphatic heterocycles. The molecule has 9 nitrogen and oxygen atoms in total. The Balaban J connectivity index is 2.29. The summed E-state index contributed by atoms with van der Waals surface area (Å²) in [6.45, 7) is 2.75. The quantitative estimate of drug-likeness (QED) is 0.746. The van der Waals surface area contributed by atoms with Crippen LogP contribution in [0.5, 0.6) is 12.0 Å². The van der Waals surface area contributed by atoms with E-state index in [9.17, 15) is 4.79 Å². The fourth-order valence-electron chi connectivity index (χ4n) is 1.84. The molecule has 1 aromatic rings. The predicted octanol–water partition coefficient (Wildman–Crippen LogP) is -1.03. The SMILES string of the molecule is COc1nc(OC)nc(N2CCO[C@@](C)(C(N)=O)C2)n1. The van der Waals surface area contributed by atoms with Crippen molar-refractivity contribution in [3.63, 3.8) is 0 Å². The van der Waals surface area contributed by atoms with Gasteiger partial charge in [-0.2, -0.15) is 9.97 Å². The number of primary amides is 1. The predicted molar refractivity (Wildman–Crippen MR) is 68.7 cm³/mol. The fourth-order valence-corrected chi connectivity index (χ4v) is 1.84. The number of rotatable bonds is 4. The van der Waals surface area contributed by atoms with E-state index in [1.165, 1.54) is 14.2 Å². The monoisotopic (exact) mass is 283 g/mol. The van der Waals surface area contributed by atoms with Crippen molar-refractivity contribution < 1.29 is 19.0 Å². The minimum Gasteiger partial charge on any atom is -0.467 e. The second-order valence-corrected chi connectivity index (χ2v) is 4.47. The van der Waals surface area contributed by atoms with E-state index in [1.54, 1.807) is 11.8 Å². The van der Waals surface area contributed by atoms with E-state index in [-0.39, 0.29) is 18.6 Å². The van der Waals surface area contributed by atoms with Gasteiger partial charge in [0.1, 0.15) is 0 Å². The lowest BCUT2D eigenvalue weighted by molar-refractivity contribution is -0.142. The number of hydrogen-bond acceptors (Lipinski definition) is 8. The first-order valence-corrected chi connectivity index (χ1v) is 6.01. The molecule has 110 valence electrons. The molecule has 1 atom stereocenters. The van der Waals surface area contributed by atoms with Gasteiger partial charge in [0, 0.05) is 6.54 Å². The number of carbonyl (C=O) groups excluding carboxylic acids is 1. The number of nitrogens with zero attached hydrogens (tertiary/aromatic N) is 4. The molecule has 2 rings (SSSR count). The normalized spacial score (nSPS) is 22.4. The number of amides is 1. The van der Waals surface area contributed by atoms with Crippen LogP contribution in [0.4, 0.5) is 5.95 Å². The van der Waals surface area contributed by atoms with Crippen molar-refractivity contribution in [2.45, 2.75) is 12.5 Å². The first-order chi connectivity index (χ1) is 9.48. The second-order valence-electron chi connectivity index (χ2n) is 4.47. The van der Waals surface area contributed by atoms with E-state index in [0.29, 0.717) is 19.1 Å². The standard InChI is InChI=1S/C11H17N5O4/c1-11(7(12)17)6-16(4-5-20-11)8-13-9(18-2)15-10(14-8)19-3/h4-6H2,1-3H3,(H2,12,17)/t11-/m1/s1. The summed E-state index contributed by atoms with van der Waals surface area (Å²) in [5, 5.41) is 0. The highest BCUT2D eigenvalue weighted by molar-refractivity contribution is 5.84. The average molecular weight is 283 g/mol. The summed E-state index contributed by atoms with van der Waals surface area (Å²) in [5.41, 5.74) is 4.28. The molecule has 0 spiro atoms. The zero-order valence-electron chi connectivity index (χ0n) is 11.6. The lowest BCUT2D eigenvalue weighted by atomic mass is 10.0. The van der Waals surface area contributed by atoms with Crippen LogP contribution < -0.4 is 20.1 Å². The fraction of sp³-hybridized carbons (Fsp3) is 0.636. The average Bonchev–Trinajstić information content (AvgIpc) is 2.46. The van der Waals surface area contributed by atoms with Crippen molar-refractivity contribution in [1.82, 2.24) is 15.0 Å². The van der Waals surface area contributed by atoms with Crippen LogP contribution in [0.3, 0.4) is 0 Å². The van der Waals surface area contributed by atoms with Crippen molar-refractivity contribution >= 4 is 11.9 Å². The highest BCUT2D eigenvalue weighted by Gasteiger charge is 2.38. The van der Waals surface area contributed by atoms with Gasteiger partial charge in [0.05, 0.1) is 27.4 Å². The van der Waals surface area contributed by atoms with Gasteiger partial charge < -0.3 is 24.8 Å². The molecule has 2 heterocycles. The highest BCUT2D eigenvalue weighted by Crippen LogP contribution is 2.23. The maximum Gasteiger partial charge on any atom is 0.324 e. The van der Waals surface area contributed by atoms with Crippen LogP contribution in [-0.2, 0) is 9.53 Å². The Kier molecular flexibility index (Phi) is 3.89. The topological polar surface area (TPSA) is 113 Å². The molecule has 0 aliphatic carbocycles. The van der Waals surface area contributed by atoms with Gasteiger partial charge in [0.25, 0.3) is 5.91 Å². The number of ether oxygens (including phenoxy) is 3. The number of anilines is 1. The summed E-state index contributed by atoms with van der Waals surface area (Å²) in [4.78, 5) is 25.5. The van der Waals surface area contributed by atoms with Gasteiger partial charge in [-0.25, -0.2) is 0 Å². The summed E-state index contributed by atoms with van der Waals surface area (Å²) < 4.78 is 15.4. The molecular formula is C11H17N5O4. The Morgan fingerprint density at radius 2 is 1.90 bits per heavy atom. The Bertz CT molecular complexity index is 489. The number of aromatic nitrogens is 3. The van der Waals surface area contributed by atoms with E-state index < -0.39 is 11.5 Å². The summed E-state index contributed by atoms with van der Waals surface area (Å²) in [6, 6.07) is 0.276. The molecular weight excluding hydrogens is 266 g/mol. The van der Waals surface area contributed by atoms with Crippen LogP contribution in [0.25, 0.3) is 0 Å². The third-order valence-electron chi connectivity index (χ3n) is 3.03. The van der Waals surface area contributed by atoms with Crippen LogP contribution in [0, 0.1) is 0 Å². The van der Waals surface area contributed by atoms with E-state index in [1.807, 2.05) is 0 Å². The molecule has 1 saturated heterocycles. The molecule has 2 N–H and O–H groups in total. The van der Waals surface area contributed by atoms with Gasteiger partial charge in [-0.1, -0.05) is 0 Å². The van der Waals surface area contributed by atoms with Crippen LogP contribution in [-0.4, -0.2) is 60.4 Å². The zero-order chi connectivity index (χ0) is 14.8. The van der Waals surface area contributed by atoms with Crippen LogP contribution in [0.1, 0.15) is 6.92 Å². The van der Waals surface area contributed by atoms with Crippen molar-refractivity contribution in [1.29, 1.82) is 0 Å². The van der Waals surface area contributed by atoms with Crippen molar-refractivity contribution in [2.75, 3.05) is 38.8 Å². The maximum absolute atomic E-state index is 11.5. The minimum absolute atomic E-state index is 0.138. The van der Waals surface area contributed by atoms with Crippen molar-refractivity contribution in [2.24, 2.45) is 5.73 Å². The zero-order valence-corrected chi connectivity index (χ0v) is 11.6. The molecule has 1 fully saturated rings. The number of hydrogen-bond donors (Lipinski definition) is 1. The van der Waals surface area contributed by atoms with E-state index in [4.69, 9.17) is 19.9 Å². The number of nitrogens with two attached hydrogens (primary N) is 1. The van der Waals surface area contributed by atoms with Gasteiger partial charge in [-0.05, 0) is 6.92 Å². The summed E-state index contributed by atoms with van der Waals surface area (Å²) in [5.74, 6) is -0.181. The lowest BCUT2D eigenvalue weighted by Crippen LogP contribution is -2.57. The molecule has 0 aromatic carbocycles. The number of methoxy groups -OCH3 is 2. The molecule has 1 amide bonds. The van der Waals surface area contributed by atoms with Gasteiger partial charge in [0.2, 0.25) is 5.95 Å². The Labute approximate surface area is 116 Å². The summed E-state index contributed by atoms with van der Waals surface area (Å²) in [6.07, 6.45) is 0. The molecule has 9 heteroatoms. The first kappa shape index (κ1) is 14.3. The van der Waals surface area contributed by atoms with Gasteiger partial charge in [-0.15, -0.1) is 4.98 Å². The summed E-state index contributed by atoms with van der Waals surface area (Å²) >= 11 is 0. The van der Waals surface area contributed by atoms with Gasteiger partial charge in [-0.3, -0.25) is 4.79 Å². The van der Waals surface area contributed by atoms with Crippen LogP contribution in [0.15, 0.2) is 0 Å². The van der Waals surface area contributed by atoms with Crippen LogP contribution in [0.2, 0.25) is 0 Å². The summed E-state index contributed by atoms with van der Waals surface area (Å²) in [7, 11) is 2.90. The van der Waals surface area contributed by atoms with E-state index in [2.05, 4.69) is 15.0 Å². The molecule has 0 unspecified atom stereocenters. The highest BCUT2D eigenvalue weighted by atomic mass is 16.5. The molecule has 20 heavy (non-hydrogen) atoms. The first-order valence-electron chi connectivity index (χ1n) is 6.01. The van der Waals surface area contributed by atoms with Gasteiger partial charge >= 0.3 is 12.0 Å². The Hall–Kier alpha value is -2.16. The maximum atomic E-state index is 11.5. The Morgan fingerprint density at radius 1 is 1.30 bits per heavy atom. The van der Waals surface area contributed by atoms with Crippen molar-refractivity contribution in [3.05, 3.63) is 0 Å². The van der Waals surface area contributed by atoms with E-state index in [0.717, 1.165) is 0 Å². The lowest BCUT2D eigenvalue weighted by Gasteiger charge is -2.38. The molecule has 1 aliphatic rings.